The molecule has 0 aromatic carbocycles. The van der Waals surface area contributed by atoms with Gasteiger partial charge in [-0.25, -0.2) is 4.98 Å². The van der Waals surface area contributed by atoms with Crippen molar-refractivity contribution in [3.63, 3.8) is 0 Å². The Bertz CT molecular complexity index is 371. The molecule has 17 heavy (non-hydrogen) atoms. The van der Waals surface area contributed by atoms with E-state index in [1.165, 1.54) is 19.3 Å². The van der Waals surface area contributed by atoms with Gasteiger partial charge in [0.2, 0.25) is 0 Å². The molecule has 0 saturated heterocycles. The lowest BCUT2D eigenvalue weighted by Crippen LogP contribution is -2.56. The standard InChI is InChI=1S/C13H20BrN3/c1-16(2)13(7-4-8-13)10-17(3)12-6-5-11(14)9-15-12/h5-6,9H,4,7-8,10H2,1-3H3. The van der Waals surface area contributed by atoms with Gasteiger partial charge in [0.05, 0.1) is 0 Å². The highest BCUT2D eigenvalue weighted by Crippen LogP contribution is 2.37. The SMILES string of the molecule is CN(CC1(N(C)C)CCC1)c1ccc(Br)cn1. The van der Waals surface area contributed by atoms with Crippen LogP contribution in [0.2, 0.25) is 0 Å². The van der Waals surface area contributed by atoms with E-state index in [1.807, 2.05) is 12.3 Å². The van der Waals surface area contributed by atoms with Crippen LogP contribution in [0.3, 0.4) is 0 Å². The van der Waals surface area contributed by atoms with Gasteiger partial charge < -0.3 is 9.80 Å². The Kier molecular flexibility index (Phi) is 3.73. The van der Waals surface area contributed by atoms with Gasteiger partial charge in [-0.2, -0.15) is 0 Å². The van der Waals surface area contributed by atoms with Gasteiger partial charge in [0.1, 0.15) is 5.82 Å². The quantitative estimate of drug-likeness (QED) is 0.852. The molecule has 0 atom stereocenters. The van der Waals surface area contributed by atoms with Crippen molar-refractivity contribution < 1.29 is 0 Å². The number of likely N-dealkylation sites (N-methyl/N-ethyl adjacent to an activating group) is 2. The number of pyridine rings is 1. The molecule has 1 aliphatic carbocycles. The van der Waals surface area contributed by atoms with E-state index in [9.17, 15) is 0 Å². The number of hydrogen-bond acceptors (Lipinski definition) is 3. The minimum absolute atomic E-state index is 0.351. The predicted octanol–water partition coefficient (Wildman–Crippen LogP) is 2.76. The second kappa shape index (κ2) is 4.94. The van der Waals surface area contributed by atoms with Gasteiger partial charge in [-0.15, -0.1) is 0 Å². The molecule has 1 heterocycles. The molecule has 2 rings (SSSR count). The fourth-order valence-corrected chi connectivity index (χ4v) is 2.68. The maximum Gasteiger partial charge on any atom is 0.128 e. The molecule has 94 valence electrons. The molecule has 0 N–H and O–H groups in total. The Morgan fingerprint density at radius 2 is 2.00 bits per heavy atom. The number of hydrogen-bond donors (Lipinski definition) is 0. The maximum atomic E-state index is 4.44. The predicted molar refractivity (Wildman–Crippen MR) is 75.5 cm³/mol. The highest BCUT2D eigenvalue weighted by atomic mass is 79.9. The van der Waals surface area contributed by atoms with Gasteiger partial charge in [-0.3, -0.25) is 0 Å². The van der Waals surface area contributed by atoms with Crippen molar-refractivity contribution in [1.82, 2.24) is 9.88 Å². The zero-order chi connectivity index (χ0) is 12.5. The average molecular weight is 298 g/mol. The summed E-state index contributed by atoms with van der Waals surface area (Å²) in [5.74, 6) is 1.04. The molecular formula is C13H20BrN3. The Labute approximate surface area is 112 Å². The van der Waals surface area contributed by atoms with E-state index in [1.54, 1.807) is 0 Å². The zero-order valence-corrected chi connectivity index (χ0v) is 12.4. The lowest BCUT2D eigenvalue weighted by Gasteiger charge is -2.49. The van der Waals surface area contributed by atoms with E-state index in [-0.39, 0.29) is 0 Å². The van der Waals surface area contributed by atoms with Gasteiger partial charge in [-0.05, 0) is 61.4 Å². The van der Waals surface area contributed by atoms with Crippen LogP contribution in [0.5, 0.6) is 0 Å². The summed E-state index contributed by atoms with van der Waals surface area (Å²) in [5.41, 5.74) is 0.351. The molecule has 3 nitrogen and oxygen atoms in total. The summed E-state index contributed by atoms with van der Waals surface area (Å²) < 4.78 is 1.03. The molecule has 1 aliphatic rings. The number of anilines is 1. The summed E-state index contributed by atoms with van der Waals surface area (Å²) in [4.78, 5) is 9.06. The molecule has 1 aromatic heterocycles. The molecule has 0 amide bonds. The highest BCUT2D eigenvalue weighted by molar-refractivity contribution is 9.10. The van der Waals surface area contributed by atoms with E-state index in [4.69, 9.17) is 0 Å². The molecule has 0 unspecified atom stereocenters. The minimum atomic E-state index is 0.351. The van der Waals surface area contributed by atoms with Crippen LogP contribution in [0.15, 0.2) is 22.8 Å². The van der Waals surface area contributed by atoms with Gasteiger partial charge in [0.15, 0.2) is 0 Å². The molecule has 0 spiro atoms. The lowest BCUT2D eigenvalue weighted by molar-refractivity contribution is 0.0682. The first kappa shape index (κ1) is 12.8. The van der Waals surface area contributed by atoms with Crippen molar-refractivity contribution in [3.8, 4) is 0 Å². The van der Waals surface area contributed by atoms with Gasteiger partial charge in [0.25, 0.3) is 0 Å². The third kappa shape index (κ3) is 2.63. The van der Waals surface area contributed by atoms with Crippen molar-refractivity contribution in [2.45, 2.75) is 24.8 Å². The normalized spacial score (nSPS) is 17.9. The molecule has 1 aromatic rings. The lowest BCUT2D eigenvalue weighted by atomic mass is 9.75. The maximum absolute atomic E-state index is 4.44. The van der Waals surface area contributed by atoms with Crippen LogP contribution >= 0.6 is 15.9 Å². The first-order valence-electron chi connectivity index (χ1n) is 6.04. The van der Waals surface area contributed by atoms with Crippen LogP contribution < -0.4 is 4.90 Å². The summed E-state index contributed by atoms with van der Waals surface area (Å²) >= 11 is 3.41. The van der Waals surface area contributed by atoms with Crippen molar-refractivity contribution in [2.24, 2.45) is 0 Å². The second-order valence-corrected chi connectivity index (χ2v) is 6.08. The van der Waals surface area contributed by atoms with E-state index in [0.717, 1.165) is 16.8 Å². The Balaban J connectivity index is 2.05. The first-order chi connectivity index (χ1) is 8.03. The summed E-state index contributed by atoms with van der Waals surface area (Å²) in [6.45, 7) is 1.05. The third-order valence-corrected chi connectivity index (χ3v) is 4.34. The van der Waals surface area contributed by atoms with E-state index in [2.05, 4.69) is 57.9 Å². The Morgan fingerprint density at radius 1 is 1.29 bits per heavy atom. The minimum Gasteiger partial charge on any atom is -0.358 e. The van der Waals surface area contributed by atoms with Crippen LogP contribution in [0.4, 0.5) is 5.82 Å². The smallest absolute Gasteiger partial charge is 0.128 e. The van der Waals surface area contributed by atoms with Crippen molar-refractivity contribution in [1.29, 1.82) is 0 Å². The molecule has 1 saturated carbocycles. The van der Waals surface area contributed by atoms with Gasteiger partial charge >= 0.3 is 0 Å². The van der Waals surface area contributed by atoms with E-state index >= 15 is 0 Å². The number of rotatable bonds is 4. The van der Waals surface area contributed by atoms with Crippen molar-refractivity contribution >= 4 is 21.7 Å². The van der Waals surface area contributed by atoms with Gasteiger partial charge in [0, 0.05) is 29.8 Å². The van der Waals surface area contributed by atoms with E-state index in [0.29, 0.717) is 5.54 Å². The average Bonchev–Trinajstić information content (AvgIpc) is 2.23. The van der Waals surface area contributed by atoms with Crippen molar-refractivity contribution in [2.75, 3.05) is 32.6 Å². The largest absolute Gasteiger partial charge is 0.358 e. The number of halogens is 1. The van der Waals surface area contributed by atoms with Crippen LogP contribution in [0.1, 0.15) is 19.3 Å². The number of aromatic nitrogens is 1. The monoisotopic (exact) mass is 297 g/mol. The molecule has 0 bridgehead atoms. The molecule has 4 heteroatoms. The first-order valence-corrected chi connectivity index (χ1v) is 6.83. The van der Waals surface area contributed by atoms with Gasteiger partial charge in [-0.1, -0.05) is 0 Å². The second-order valence-electron chi connectivity index (χ2n) is 5.16. The topological polar surface area (TPSA) is 19.4 Å². The van der Waals surface area contributed by atoms with E-state index < -0.39 is 0 Å². The third-order valence-electron chi connectivity index (χ3n) is 3.87. The summed E-state index contributed by atoms with van der Waals surface area (Å²) in [5, 5.41) is 0. The van der Waals surface area contributed by atoms with Crippen LogP contribution in [0.25, 0.3) is 0 Å². The Hall–Kier alpha value is -0.610. The fourth-order valence-electron chi connectivity index (χ4n) is 2.45. The summed E-state index contributed by atoms with van der Waals surface area (Å²) in [6.07, 6.45) is 5.79. The van der Waals surface area contributed by atoms with Crippen LogP contribution in [0, 0.1) is 0 Å². The molecular weight excluding hydrogens is 278 g/mol. The Morgan fingerprint density at radius 3 is 2.41 bits per heavy atom. The van der Waals surface area contributed by atoms with Crippen molar-refractivity contribution in [3.05, 3.63) is 22.8 Å². The summed E-state index contributed by atoms with van der Waals surface area (Å²) in [6, 6.07) is 4.11. The zero-order valence-electron chi connectivity index (χ0n) is 10.8. The molecule has 1 fully saturated rings. The molecule has 0 radical (unpaired) electrons. The fraction of sp³-hybridized carbons (Fsp3) is 0.615. The summed E-state index contributed by atoms with van der Waals surface area (Å²) in [7, 11) is 6.49. The van der Waals surface area contributed by atoms with Crippen LogP contribution in [-0.2, 0) is 0 Å². The molecule has 0 aliphatic heterocycles. The highest BCUT2D eigenvalue weighted by Gasteiger charge is 2.40. The number of nitrogens with zero attached hydrogens (tertiary/aromatic N) is 3. The van der Waals surface area contributed by atoms with Crippen LogP contribution in [-0.4, -0.2) is 43.1 Å².